The van der Waals surface area contributed by atoms with Crippen molar-refractivity contribution in [2.24, 2.45) is 11.8 Å². The molecule has 7 atom stereocenters. The van der Waals surface area contributed by atoms with Gasteiger partial charge in [0, 0.05) is 39.1 Å². The summed E-state index contributed by atoms with van der Waals surface area (Å²) < 4.78 is 17.8. The van der Waals surface area contributed by atoms with Crippen molar-refractivity contribution >= 4 is 23.7 Å². The van der Waals surface area contributed by atoms with Gasteiger partial charge in [0.05, 0.1) is 49.8 Å². The van der Waals surface area contributed by atoms with Crippen molar-refractivity contribution in [1.29, 1.82) is 0 Å². The highest BCUT2D eigenvalue weighted by Crippen LogP contribution is 2.57. The number of esters is 1. The van der Waals surface area contributed by atoms with Gasteiger partial charge in [-0.15, -0.1) is 0 Å². The van der Waals surface area contributed by atoms with E-state index in [4.69, 9.17) is 14.2 Å². The van der Waals surface area contributed by atoms with Crippen LogP contribution in [-0.4, -0.2) is 120 Å². The molecule has 0 aliphatic carbocycles. The molecule has 5 aliphatic rings. The van der Waals surface area contributed by atoms with E-state index >= 15 is 4.79 Å². The Labute approximate surface area is 291 Å². The smallest absolute Gasteiger partial charge is 0.306 e. The zero-order valence-corrected chi connectivity index (χ0v) is 28.0. The molecule has 3 saturated heterocycles. The molecule has 12 nitrogen and oxygen atoms in total. The number of aliphatic hydroxyl groups is 1. The third-order valence-corrected chi connectivity index (χ3v) is 10.6. The summed E-state index contributed by atoms with van der Waals surface area (Å²) in [5.74, 6) is -3.57. The minimum atomic E-state index is -1.42. The molecule has 2 aromatic rings. The molecule has 0 unspecified atom stereocenters. The monoisotopic (exact) mass is 684 g/mol. The molecule has 50 heavy (non-hydrogen) atoms. The standard InChI is InChI=1S/C38H44N4O8/c43-24-29(27-12-6-2-7-13-27)42-34-37(47)41(19-18-40-20-22-48-23-21-40)17-9-3-8-14-31(44)49-25-28(26-10-4-1-5-11-26)39-35(45)32-30-15-16-38(34,50-30)33(32)36(42)46/h1-7,9-13,15-16,28-30,32-34,43H,8,14,17-25H2,(H,39,45)/b9-3-/t28-,29+,30-,32+,33+,34-,38+/m0/s1. The Bertz CT molecular complexity index is 1610. The number of rotatable bonds is 7. The Morgan fingerprint density at radius 2 is 1.66 bits per heavy atom. The van der Waals surface area contributed by atoms with Crippen LogP contribution in [0.5, 0.6) is 0 Å². The fourth-order valence-corrected chi connectivity index (χ4v) is 8.05. The molecule has 264 valence electrons. The highest BCUT2D eigenvalue weighted by atomic mass is 16.5. The van der Waals surface area contributed by atoms with Gasteiger partial charge in [-0.25, -0.2) is 0 Å². The van der Waals surface area contributed by atoms with Crippen LogP contribution < -0.4 is 5.32 Å². The van der Waals surface area contributed by atoms with Crippen LogP contribution in [0.15, 0.2) is 85.0 Å². The quantitative estimate of drug-likeness (QED) is 0.330. The largest absolute Gasteiger partial charge is 0.463 e. The first-order valence-electron chi connectivity index (χ1n) is 17.5. The van der Waals surface area contributed by atoms with E-state index in [2.05, 4.69) is 10.2 Å². The maximum atomic E-state index is 15.1. The highest BCUT2D eigenvalue weighted by Gasteiger charge is 2.74. The highest BCUT2D eigenvalue weighted by molar-refractivity contribution is 6.00. The molecular formula is C38H44N4O8. The molecule has 7 rings (SSSR count). The molecule has 3 amide bonds. The second kappa shape index (κ2) is 14.9. The van der Waals surface area contributed by atoms with E-state index in [1.807, 2.05) is 72.8 Å². The van der Waals surface area contributed by atoms with Gasteiger partial charge in [-0.3, -0.25) is 24.1 Å². The first-order valence-corrected chi connectivity index (χ1v) is 17.5. The Hall–Kier alpha value is -4.36. The van der Waals surface area contributed by atoms with Crippen LogP contribution in [0.25, 0.3) is 0 Å². The van der Waals surface area contributed by atoms with Crippen LogP contribution in [0.2, 0.25) is 0 Å². The van der Waals surface area contributed by atoms with E-state index in [1.54, 1.807) is 17.1 Å². The summed E-state index contributed by atoms with van der Waals surface area (Å²) in [7, 11) is 0. The lowest BCUT2D eigenvalue weighted by molar-refractivity contribution is -0.151. The predicted molar refractivity (Wildman–Crippen MR) is 181 cm³/mol. The SMILES string of the molecule is O=C1CC/C=C\CN(CCN2CCOCC2)C(=O)[C@@H]2N([C@H](CO)c3ccccc3)C(=O)[C@H]3[C@H](C(=O)N[C@H](c4ccccc4)CO1)[C@@H]1C=C[C@]23O1. The average molecular weight is 685 g/mol. The molecule has 0 radical (unpaired) electrons. The molecule has 2 aromatic carbocycles. The number of amides is 3. The van der Waals surface area contributed by atoms with E-state index in [1.165, 1.54) is 4.90 Å². The second-order valence-corrected chi connectivity index (χ2v) is 13.5. The summed E-state index contributed by atoms with van der Waals surface area (Å²) in [5, 5.41) is 13.9. The van der Waals surface area contributed by atoms with E-state index in [9.17, 15) is 19.5 Å². The molecule has 2 N–H and O–H groups in total. The minimum Gasteiger partial charge on any atom is -0.463 e. The lowest BCUT2D eigenvalue weighted by atomic mass is 9.74. The average Bonchev–Trinajstić information content (AvgIpc) is 3.79. The molecule has 0 aromatic heterocycles. The topological polar surface area (TPSA) is 138 Å². The van der Waals surface area contributed by atoms with Crippen molar-refractivity contribution in [1.82, 2.24) is 20.0 Å². The zero-order chi connectivity index (χ0) is 34.7. The van der Waals surface area contributed by atoms with E-state index in [0.717, 1.165) is 18.7 Å². The number of carbonyl (C=O) groups excluding carboxylic acids is 4. The van der Waals surface area contributed by atoms with Crippen molar-refractivity contribution in [2.45, 2.75) is 42.7 Å². The van der Waals surface area contributed by atoms with Gasteiger partial charge >= 0.3 is 5.97 Å². The number of carbonyl (C=O) groups is 4. The van der Waals surface area contributed by atoms with Crippen LogP contribution >= 0.6 is 0 Å². The molecule has 1 spiro atoms. The Morgan fingerprint density at radius 3 is 2.40 bits per heavy atom. The molecule has 3 fully saturated rings. The van der Waals surface area contributed by atoms with Gasteiger partial charge in [0.2, 0.25) is 17.7 Å². The maximum Gasteiger partial charge on any atom is 0.306 e. The van der Waals surface area contributed by atoms with E-state index in [-0.39, 0.29) is 25.5 Å². The fraction of sp³-hybridized carbons (Fsp3) is 0.474. The summed E-state index contributed by atoms with van der Waals surface area (Å²) in [6, 6.07) is 15.7. The van der Waals surface area contributed by atoms with Crippen molar-refractivity contribution in [3.8, 4) is 0 Å². The van der Waals surface area contributed by atoms with Crippen LogP contribution in [0, 0.1) is 11.8 Å². The fourth-order valence-electron chi connectivity index (χ4n) is 8.05. The summed E-state index contributed by atoms with van der Waals surface area (Å²) in [6.45, 7) is 3.41. The van der Waals surface area contributed by atoms with Crippen LogP contribution in [0.4, 0.5) is 0 Å². The molecule has 5 heterocycles. The van der Waals surface area contributed by atoms with Gasteiger partial charge in [-0.1, -0.05) is 85.0 Å². The van der Waals surface area contributed by atoms with Gasteiger partial charge in [-0.05, 0) is 17.5 Å². The van der Waals surface area contributed by atoms with Crippen LogP contribution in [0.3, 0.4) is 0 Å². The number of hydrogen-bond acceptors (Lipinski definition) is 9. The lowest BCUT2D eigenvalue weighted by Gasteiger charge is -2.39. The predicted octanol–water partition coefficient (Wildman–Crippen LogP) is 1.78. The number of nitrogens with one attached hydrogen (secondary N) is 1. The molecule has 0 saturated carbocycles. The van der Waals surface area contributed by atoms with Crippen LogP contribution in [-0.2, 0) is 33.4 Å². The molecule has 12 heteroatoms. The first-order chi connectivity index (χ1) is 24.4. The number of hydrogen-bond donors (Lipinski definition) is 2. The number of allylic oxidation sites excluding steroid dienone is 1. The number of cyclic esters (lactones) is 1. The lowest BCUT2D eigenvalue weighted by Crippen LogP contribution is -2.57. The first kappa shape index (κ1) is 34.1. The van der Waals surface area contributed by atoms with Crippen molar-refractivity contribution in [3.63, 3.8) is 0 Å². The summed E-state index contributed by atoms with van der Waals surface area (Å²) >= 11 is 0. The number of nitrogens with zero attached hydrogens (tertiary/aromatic N) is 3. The number of fused-ring (bicyclic) bond motifs is 2. The van der Waals surface area contributed by atoms with E-state index in [0.29, 0.717) is 38.3 Å². The number of ether oxygens (including phenoxy) is 3. The summed E-state index contributed by atoms with van der Waals surface area (Å²) in [4.78, 5) is 62.4. The van der Waals surface area contributed by atoms with Crippen molar-refractivity contribution < 1.29 is 38.5 Å². The molecule has 5 bridgehead atoms. The number of morpholine rings is 1. The third kappa shape index (κ3) is 6.48. The Balaban J connectivity index is 1.29. The Morgan fingerprint density at radius 1 is 0.920 bits per heavy atom. The normalized spacial score (nSPS) is 31.7. The Kier molecular flexibility index (Phi) is 10.1. The minimum absolute atomic E-state index is 0.0840. The molecular weight excluding hydrogens is 640 g/mol. The van der Waals surface area contributed by atoms with Crippen molar-refractivity contribution in [2.75, 3.05) is 59.2 Å². The van der Waals surface area contributed by atoms with Gasteiger partial charge in [0.15, 0.2) is 0 Å². The van der Waals surface area contributed by atoms with Gasteiger partial charge in [0.1, 0.15) is 18.2 Å². The van der Waals surface area contributed by atoms with Crippen LogP contribution in [0.1, 0.15) is 36.1 Å². The number of aliphatic hydroxyl groups excluding tert-OH is 1. The maximum absolute atomic E-state index is 15.1. The second-order valence-electron chi connectivity index (χ2n) is 13.5. The summed E-state index contributed by atoms with van der Waals surface area (Å²) in [6.07, 6.45) is 7.08. The van der Waals surface area contributed by atoms with Gasteiger partial charge in [0.25, 0.3) is 0 Å². The van der Waals surface area contributed by atoms with Gasteiger partial charge in [-0.2, -0.15) is 0 Å². The number of likely N-dealkylation sites (tertiary alicyclic amines) is 1. The van der Waals surface area contributed by atoms with Gasteiger partial charge < -0.3 is 34.4 Å². The number of benzene rings is 2. The summed E-state index contributed by atoms with van der Waals surface area (Å²) in [5.41, 5.74) is -0.00873. The molecule has 5 aliphatic heterocycles. The van der Waals surface area contributed by atoms with E-state index < -0.39 is 66.1 Å². The van der Waals surface area contributed by atoms with Crippen molar-refractivity contribution in [3.05, 3.63) is 96.1 Å². The third-order valence-electron chi connectivity index (χ3n) is 10.6. The zero-order valence-electron chi connectivity index (χ0n) is 28.0.